The van der Waals surface area contributed by atoms with Crippen molar-refractivity contribution in [1.29, 1.82) is 0 Å². The number of amides is 2. The van der Waals surface area contributed by atoms with Crippen LogP contribution in [0, 0.1) is 0 Å². The van der Waals surface area contributed by atoms with E-state index in [0.29, 0.717) is 18.1 Å². The molecule has 2 aliphatic rings. The number of nitrogens with zero attached hydrogens (tertiary/aromatic N) is 3. The van der Waals surface area contributed by atoms with Gasteiger partial charge in [-0.05, 0) is 37.8 Å². The van der Waals surface area contributed by atoms with E-state index in [1.54, 1.807) is 0 Å². The van der Waals surface area contributed by atoms with Crippen LogP contribution in [0.25, 0.3) is 0 Å². The molecule has 1 saturated heterocycles. The fourth-order valence-electron chi connectivity index (χ4n) is 5.22. The molecule has 0 unspecified atom stereocenters. The Balaban J connectivity index is 1.38. The van der Waals surface area contributed by atoms with Crippen LogP contribution in [0.1, 0.15) is 89.3 Å². The maximum atomic E-state index is 12.8. The van der Waals surface area contributed by atoms with Crippen LogP contribution in [0.5, 0.6) is 0 Å². The third-order valence-corrected chi connectivity index (χ3v) is 6.96. The molecule has 2 aromatic rings. The average molecular weight is 468 g/mol. The summed E-state index contributed by atoms with van der Waals surface area (Å²) in [6, 6.07) is 8.02. The molecule has 0 bridgehead atoms. The van der Waals surface area contributed by atoms with E-state index in [2.05, 4.69) is 31.7 Å². The Morgan fingerprint density at radius 3 is 2.38 bits per heavy atom. The number of carbonyl (C=O) groups is 2. The number of hydrogen-bond acceptors (Lipinski definition) is 6. The van der Waals surface area contributed by atoms with Gasteiger partial charge in [-0.1, -0.05) is 55.8 Å². The van der Waals surface area contributed by atoms with Crippen molar-refractivity contribution in [2.75, 3.05) is 23.3 Å². The topological polar surface area (TPSA) is 100 Å². The van der Waals surface area contributed by atoms with Crippen molar-refractivity contribution in [1.82, 2.24) is 15.5 Å². The van der Waals surface area contributed by atoms with Crippen LogP contribution in [0.3, 0.4) is 0 Å². The second-order valence-corrected chi connectivity index (χ2v) is 9.66. The molecular weight excluding hydrogens is 430 g/mol. The summed E-state index contributed by atoms with van der Waals surface area (Å²) in [4.78, 5) is 31.7. The Bertz CT molecular complexity index is 957. The molecule has 0 atom stereocenters. The Morgan fingerprint density at radius 2 is 1.68 bits per heavy atom. The van der Waals surface area contributed by atoms with Gasteiger partial charge in [-0.15, -0.1) is 0 Å². The Kier molecular flexibility index (Phi) is 8.19. The van der Waals surface area contributed by atoms with Gasteiger partial charge in [0.1, 0.15) is 5.54 Å². The van der Waals surface area contributed by atoms with E-state index < -0.39 is 5.54 Å². The second-order valence-electron chi connectivity index (χ2n) is 9.66. The van der Waals surface area contributed by atoms with Gasteiger partial charge in [0.15, 0.2) is 5.82 Å². The first kappa shape index (κ1) is 24.2. The lowest BCUT2D eigenvalue weighted by molar-refractivity contribution is -0.121. The Labute approximate surface area is 201 Å². The minimum absolute atomic E-state index is 0.0759. The summed E-state index contributed by atoms with van der Waals surface area (Å²) in [6.07, 6.45) is 11.4. The Morgan fingerprint density at radius 1 is 1.00 bits per heavy atom. The summed E-state index contributed by atoms with van der Waals surface area (Å²) >= 11 is 0. The molecule has 2 N–H and O–H groups in total. The van der Waals surface area contributed by atoms with E-state index in [9.17, 15) is 9.59 Å². The van der Waals surface area contributed by atoms with Gasteiger partial charge in [0.25, 0.3) is 0 Å². The van der Waals surface area contributed by atoms with E-state index >= 15 is 0 Å². The van der Waals surface area contributed by atoms with Crippen molar-refractivity contribution in [3.63, 3.8) is 0 Å². The summed E-state index contributed by atoms with van der Waals surface area (Å²) < 4.78 is 5.50. The first-order valence-corrected chi connectivity index (χ1v) is 12.8. The van der Waals surface area contributed by atoms with Crippen LogP contribution in [0.2, 0.25) is 0 Å². The summed E-state index contributed by atoms with van der Waals surface area (Å²) in [6.45, 7) is 3.57. The van der Waals surface area contributed by atoms with Crippen molar-refractivity contribution in [3.8, 4) is 0 Å². The number of hydrogen-bond donors (Lipinski definition) is 2. The fourth-order valence-corrected chi connectivity index (χ4v) is 5.22. The number of rotatable bonds is 7. The molecule has 0 spiro atoms. The average Bonchev–Trinajstić information content (AvgIpc) is 2.99. The van der Waals surface area contributed by atoms with Crippen LogP contribution >= 0.6 is 0 Å². The number of aryl methyl sites for hydroxylation is 1. The molecule has 1 aromatic heterocycles. The highest BCUT2D eigenvalue weighted by molar-refractivity contribution is 5.94. The van der Waals surface area contributed by atoms with Crippen molar-refractivity contribution >= 4 is 23.2 Å². The zero-order chi connectivity index (χ0) is 23.8. The van der Waals surface area contributed by atoms with E-state index in [4.69, 9.17) is 4.52 Å². The standard InChI is InChI=1S/C26H37N5O3/c1-20(32)29-26(16-8-2-3-9-17-26)25-28-24(34-30-25)15-14-23(33)27-21-12-6-7-13-22(21)31-18-10-4-5-11-19-31/h6-7,12-13H,2-5,8-11,14-19H2,1H3,(H,27,33)(H,29,32). The van der Waals surface area contributed by atoms with Gasteiger partial charge >= 0.3 is 0 Å². The molecule has 2 amide bonds. The van der Waals surface area contributed by atoms with Crippen molar-refractivity contribution < 1.29 is 14.1 Å². The van der Waals surface area contributed by atoms with E-state index in [0.717, 1.165) is 63.0 Å². The molecule has 2 heterocycles. The third-order valence-electron chi connectivity index (χ3n) is 6.96. The van der Waals surface area contributed by atoms with Gasteiger partial charge in [-0.2, -0.15) is 4.98 Å². The smallest absolute Gasteiger partial charge is 0.227 e. The van der Waals surface area contributed by atoms with E-state index in [1.165, 1.54) is 32.6 Å². The molecule has 8 nitrogen and oxygen atoms in total. The molecule has 34 heavy (non-hydrogen) atoms. The fraction of sp³-hybridized carbons (Fsp3) is 0.615. The molecular formula is C26H37N5O3. The molecule has 4 rings (SSSR count). The first-order valence-electron chi connectivity index (χ1n) is 12.8. The van der Waals surface area contributed by atoms with Gasteiger partial charge in [-0.3, -0.25) is 9.59 Å². The molecule has 1 saturated carbocycles. The van der Waals surface area contributed by atoms with Gasteiger partial charge in [0, 0.05) is 32.9 Å². The number of nitrogens with one attached hydrogen (secondary N) is 2. The summed E-state index contributed by atoms with van der Waals surface area (Å²) in [5.41, 5.74) is 1.37. The quantitative estimate of drug-likeness (QED) is 0.572. The first-order chi connectivity index (χ1) is 16.6. The Hall–Kier alpha value is -2.90. The number of carbonyl (C=O) groups excluding carboxylic acids is 2. The minimum atomic E-state index is -0.571. The zero-order valence-corrected chi connectivity index (χ0v) is 20.3. The van der Waals surface area contributed by atoms with Gasteiger partial charge in [0.05, 0.1) is 11.4 Å². The largest absolute Gasteiger partial charge is 0.370 e. The van der Waals surface area contributed by atoms with Crippen molar-refractivity contribution in [2.24, 2.45) is 0 Å². The van der Waals surface area contributed by atoms with Crippen molar-refractivity contribution in [2.45, 2.75) is 89.5 Å². The number of benzene rings is 1. The van der Waals surface area contributed by atoms with Crippen LogP contribution in [-0.2, 0) is 21.5 Å². The minimum Gasteiger partial charge on any atom is -0.370 e. The molecule has 2 fully saturated rings. The summed E-state index contributed by atoms with van der Waals surface area (Å²) in [7, 11) is 0. The number of aromatic nitrogens is 2. The molecule has 1 aliphatic heterocycles. The lowest BCUT2D eigenvalue weighted by atomic mass is 9.89. The maximum Gasteiger partial charge on any atom is 0.227 e. The van der Waals surface area contributed by atoms with Gasteiger partial charge < -0.3 is 20.1 Å². The highest BCUT2D eigenvalue weighted by Crippen LogP contribution is 2.35. The second kappa shape index (κ2) is 11.5. The van der Waals surface area contributed by atoms with Crippen LogP contribution < -0.4 is 15.5 Å². The predicted octanol–water partition coefficient (Wildman–Crippen LogP) is 4.71. The molecule has 184 valence electrons. The van der Waals surface area contributed by atoms with Crippen LogP contribution in [0.4, 0.5) is 11.4 Å². The van der Waals surface area contributed by atoms with Crippen LogP contribution in [0.15, 0.2) is 28.8 Å². The zero-order valence-electron chi connectivity index (χ0n) is 20.3. The lowest BCUT2D eigenvalue weighted by Gasteiger charge is -2.30. The van der Waals surface area contributed by atoms with Crippen molar-refractivity contribution in [3.05, 3.63) is 36.0 Å². The molecule has 0 radical (unpaired) electrons. The van der Waals surface area contributed by atoms with Gasteiger partial charge in [0.2, 0.25) is 17.7 Å². The molecule has 8 heteroatoms. The van der Waals surface area contributed by atoms with E-state index in [-0.39, 0.29) is 18.2 Å². The van der Waals surface area contributed by atoms with Gasteiger partial charge in [-0.25, -0.2) is 0 Å². The summed E-state index contributed by atoms with van der Waals surface area (Å²) in [5, 5.41) is 10.4. The molecule has 1 aliphatic carbocycles. The predicted molar refractivity (Wildman–Crippen MR) is 132 cm³/mol. The van der Waals surface area contributed by atoms with Crippen LogP contribution in [-0.4, -0.2) is 35.0 Å². The van der Waals surface area contributed by atoms with E-state index in [1.807, 2.05) is 18.2 Å². The number of para-hydroxylation sites is 2. The summed E-state index contributed by atoms with van der Waals surface area (Å²) in [5.74, 6) is 0.801. The SMILES string of the molecule is CC(=O)NC1(c2noc(CCC(=O)Nc3ccccc3N3CCCCCC3)n2)CCCCCC1. The number of anilines is 2. The maximum absolute atomic E-state index is 12.8. The lowest BCUT2D eigenvalue weighted by Crippen LogP contribution is -2.45. The normalized spacial score (nSPS) is 18.6. The molecule has 1 aromatic carbocycles. The highest BCUT2D eigenvalue weighted by Gasteiger charge is 2.38. The third kappa shape index (κ3) is 6.15. The highest BCUT2D eigenvalue weighted by atomic mass is 16.5. The monoisotopic (exact) mass is 467 g/mol.